The molecule has 2 aliphatic heterocycles. The Labute approximate surface area is 213 Å². The summed E-state index contributed by atoms with van der Waals surface area (Å²) in [5.74, 6) is -1.76. The van der Waals surface area contributed by atoms with Gasteiger partial charge < -0.3 is 25.0 Å². The summed E-state index contributed by atoms with van der Waals surface area (Å²) >= 11 is 0. The van der Waals surface area contributed by atoms with Gasteiger partial charge in [0, 0.05) is 18.1 Å². The Kier molecular flexibility index (Phi) is 7.60. The minimum atomic E-state index is -0.699. The fraction of sp³-hybridized carbons (Fsp3) is 0.462. The lowest BCUT2D eigenvalue weighted by Gasteiger charge is -2.39. The van der Waals surface area contributed by atoms with Gasteiger partial charge in [0.25, 0.3) is 5.91 Å². The Bertz CT molecular complexity index is 1150. The van der Waals surface area contributed by atoms with Crippen LogP contribution in [0.3, 0.4) is 0 Å². The van der Waals surface area contributed by atoms with Crippen LogP contribution >= 0.6 is 0 Å². The topological polar surface area (TPSA) is 110 Å². The Morgan fingerprint density at radius 2 is 1.70 bits per heavy atom. The minimum absolute atomic E-state index is 0.0856. The molecule has 9 nitrogen and oxygen atoms in total. The second-order valence-electron chi connectivity index (χ2n) is 10.2. The molecule has 2 fully saturated rings. The van der Waals surface area contributed by atoms with Gasteiger partial charge in [-0.25, -0.2) is 18.6 Å². The van der Waals surface area contributed by atoms with Crippen molar-refractivity contribution in [1.29, 1.82) is 0 Å². The summed E-state index contributed by atoms with van der Waals surface area (Å²) in [4.78, 5) is 43.5. The number of carbonyl (C=O) groups excluding carboxylic acids is 3. The number of hydrogen-bond donors (Lipinski definition) is 2. The van der Waals surface area contributed by atoms with Crippen molar-refractivity contribution >= 4 is 17.9 Å². The Morgan fingerprint density at radius 1 is 1.05 bits per heavy atom. The quantitative estimate of drug-likeness (QED) is 0.602. The van der Waals surface area contributed by atoms with Crippen LogP contribution in [0.15, 0.2) is 36.5 Å². The van der Waals surface area contributed by atoms with Gasteiger partial charge in [0.2, 0.25) is 11.8 Å². The number of hydrogen-bond acceptors (Lipinski definition) is 6. The molecule has 1 aromatic heterocycles. The lowest BCUT2D eigenvalue weighted by atomic mass is 9.96. The van der Waals surface area contributed by atoms with Crippen LogP contribution in [-0.2, 0) is 9.53 Å². The van der Waals surface area contributed by atoms with Gasteiger partial charge in [-0.2, -0.15) is 0 Å². The molecule has 1 aromatic carbocycles. The van der Waals surface area contributed by atoms with Gasteiger partial charge in [-0.05, 0) is 76.8 Å². The molecule has 0 radical (unpaired) electrons. The molecule has 2 saturated heterocycles. The first-order valence-electron chi connectivity index (χ1n) is 12.2. The lowest BCUT2D eigenvalue weighted by molar-refractivity contribution is -0.134. The maximum Gasteiger partial charge on any atom is 0.408 e. The molecule has 3 atom stereocenters. The molecule has 11 heteroatoms. The number of pyridine rings is 1. The van der Waals surface area contributed by atoms with Crippen molar-refractivity contribution in [3.05, 3.63) is 53.7 Å². The number of nitrogens with zero attached hydrogens (tertiary/aromatic N) is 2. The molecule has 0 spiro atoms. The van der Waals surface area contributed by atoms with E-state index >= 15 is 0 Å². The predicted molar refractivity (Wildman–Crippen MR) is 129 cm³/mol. The van der Waals surface area contributed by atoms with Gasteiger partial charge in [0.15, 0.2) is 0 Å². The van der Waals surface area contributed by atoms with Crippen molar-refractivity contribution in [3.8, 4) is 11.6 Å². The second kappa shape index (κ2) is 10.7. The maximum absolute atomic E-state index is 13.9. The van der Waals surface area contributed by atoms with Crippen molar-refractivity contribution in [2.75, 3.05) is 6.54 Å². The van der Waals surface area contributed by atoms with E-state index in [-0.39, 0.29) is 47.8 Å². The van der Waals surface area contributed by atoms with Crippen LogP contribution in [-0.4, -0.2) is 58.1 Å². The van der Waals surface area contributed by atoms with Crippen molar-refractivity contribution in [3.63, 3.8) is 0 Å². The first-order valence-corrected chi connectivity index (χ1v) is 12.2. The van der Waals surface area contributed by atoms with Crippen molar-refractivity contribution in [2.24, 2.45) is 0 Å². The summed E-state index contributed by atoms with van der Waals surface area (Å²) in [7, 11) is 0. The average Bonchev–Trinajstić information content (AvgIpc) is 3.09. The van der Waals surface area contributed by atoms with Gasteiger partial charge in [-0.1, -0.05) is 0 Å². The van der Waals surface area contributed by atoms with Crippen LogP contribution in [0.5, 0.6) is 11.6 Å². The first kappa shape index (κ1) is 26.3. The molecule has 2 bridgehead atoms. The smallest absolute Gasteiger partial charge is 0.408 e. The predicted octanol–water partition coefficient (Wildman–Crippen LogP) is 3.93. The Hall–Kier alpha value is -3.76. The summed E-state index contributed by atoms with van der Waals surface area (Å²) in [5.41, 5.74) is -0.749. The van der Waals surface area contributed by atoms with Crippen molar-refractivity contribution in [2.45, 2.75) is 70.2 Å². The number of aromatic nitrogens is 1. The monoisotopic (exact) mass is 516 g/mol. The van der Waals surface area contributed by atoms with Crippen molar-refractivity contribution < 1.29 is 32.6 Å². The van der Waals surface area contributed by atoms with E-state index in [1.54, 1.807) is 25.7 Å². The van der Waals surface area contributed by atoms with Gasteiger partial charge in [-0.3, -0.25) is 9.59 Å². The van der Waals surface area contributed by atoms with Crippen LogP contribution in [0.2, 0.25) is 0 Å². The number of piperidine rings is 1. The normalized spacial score (nSPS) is 20.8. The van der Waals surface area contributed by atoms with Crippen LogP contribution in [0.1, 0.15) is 56.8 Å². The van der Waals surface area contributed by atoms with E-state index in [1.807, 2.05) is 0 Å². The zero-order valence-corrected chi connectivity index (χ0v) is 20.9. The number of fused-ring (bicyclic) bond motifs is 2. The zero-order valence-electron chi connectivity index (χ0n) is 20.9. The fourth-order valence-electron chi connectivity index (χ4n) is 4.80. The van der Waals surface area contributed by atoms with E-state index in [9.17, 15) is 23.2 Å². The average molecular weight is 517 g/mol. The number of benzene rings is 1. The number of halogens is 2. The highest BCUT2D eigenvalue weighted by Gasteiger charge is 2.43. The molecule has 198 valence electrons. The number of carbonyl (C=O) groups is 3. The minimum Gasteiger partial charge on any atom is -0.444 e. The van der Waals surface area contributed by atoms with E-state index in [4.69, 9.17) is 9.47 Å². The van der Waals surface area contributed by atoms with Crippen LogP contribution in [0.25, 0.3) is 0 Å². The van der Waals surface area contributed by atoms with Crippen LogP contribution < -0.4 is 15.4 Å². The van der Waals surface area contributed by atoms with Crippen molar-refractivity contribution in [1.82, 2.24) is 20.5 Å². The summed E-state index contributed by atoms with van der Waals surface area (Å²) in [5, 5.41) is 5.43. The number of amides is 3. The molecule has 1 unspecified atom stereocenters. The zero-order chi connectivity index (χ0) is 26.7. The van der Waals surface area contributed by atoms with Gasteiger partial charge in [-0.15, -0.1) is 0 Å². The third-order valence-corrected chi connectivity index (χ3v) is 6.23. The SMILES string of the molecule is CC(C)(C)OC(=O)NCC(=O)N1[C@@H]2CC[C@H]1CC(NC(=O)c1cc(F)cnc1Oc1ccc(F)cc1)C2. The van der Waals surface area contributed by atoms with E-state index in [0.29, 0.717) is 12.8 Å². The van der Waals surface area contributed by atoms with E-state index < -0.39 is 29.2 Å². The van der Waals surface area contributed by atoms with Gasteiger partial charge in [0.1, 0.15) is 35.1 Å². The molecular formula is C26H30F2N4O5. The molecule has 2 aromatic rings. The number of ether oxygens (including phenoxy) is 2. The van der Waals surface area contributed by atoms with Gasteiger partial charge in [0.05, 0.1) is 6.20 Å². The molecule has 4 rings (SSSR count). The first-order chi connectivity index (χ1) is 17.5. The molecule has 37 heavy (non-hydrogen) atoms. The third-order valence-electron chi connectivity index (χ3n) is 6.23. The molecule has 3 amide bonds. The molecule has 0 saturated carbocycles. The highest BCUT2D eigenvalue weighted by atomic mass is 19.1. The molecule has 2 aliphatic rings. The highest BCUT2D eigenvalue weighted by Crippen LogP contribution is 2.36. The van der Waals surface area contributed by atoms with E-state index in [0.717, 1.165) is 25.1 Å². The summed E-state index contributed by atoms with van der Waals surface area (Å²) in [6, 6.07) is 5.79. The number of alkyl carbamates (subject to hydrolysis) is 1. The summed E-state index contributed by atoms with van der Waals surface area (Å²) in [6.45, 7) is 5.06. The Morgan fingerprint density at radius 3 is 2.32 bits per heavy atom. The standard InChI is InChI=1S/C26H30F2N4O5/c1-26(2,3)37-25(35)30-14-22(33)32-18-6-7-19(32)12-17(11-18)31-23(34)21-10-16(28)13-29-24(21)36-20-8-4-15(27)5-9-20/h4-5,8-10,13,17-19H,6-7,11-12,14H2,1-3H3,(H,30,35)(H,31,34)/t17?,18-,19+. The number of rotatable bonds is 6. The van der Waals surface area contributed by atoms with E-state index in [1.165, 1.54) is 24.3 Å². The van der Waals surface area contributed by atoms with E-state index in [2.05, 4.69) is 15.6 Å². The maximum atomic E-state index is 13.9. The fourth-order valence-corrected chi connectivity index (χ4v) is 4.80. The molecule has 2 N–H and O–H groups in total. The van der Waals surface area contributed by atoms with Crippen LogP contribution in [0.4, 0.5) is 13.6 Å². The lowest BCUT2D eigenvalue weighted by Crippen LogP contribution is -2.54. The molecular weight excluding hydrogens is 486 g/mol. The largest absolute Gasteiger partial charge is 0.444 e. The summed E-state index contributed by atoms with van der Waals surface area (Å²) < 4.78 is 37.9. The third kappa shape index (κ3) is 6.72. The molecule has 0 aliphatic carbocycles. The second-order valence-corrected chi connectivity index (χ2v) is 10.2. The molecule has 3 heterocycles. The Balaban J connectivity index is 1.37. The number of nitrogens with one attached hydrogen (secondary N) is 2. The summed E-state index contributed by atoms with van der Waals surface area (Å²) in [6.07, 6.45) is 2.91. The van der Waals surface area contributed by atoms with Gasteiger partial charge >= 0.3 is 6.09 Å². The van der Waals surface area contributed by atoms with Crippen LogP contribution in [0, 0.1) is 11.6 Å². The highest BCUT2D eigenvalue weighted by molar-refractivity contribution is 5.96.